The van der Waals surface area contributed by atoms with Gasteiger partial charge in [0.15, 0.2) is 0 Å². The Balaban J connectivity index is 1.76. The summed E-state index contributed by atoms with van der Waals surface area (Å²) < 4.78 is 1.21. The molecular weight excluding hydrogens is 344 g/mol. The fraction of sp³-hybridized carbons (Fsp3) is 0.412. The summed E-state index contributed by atoms with van der Waals surface area (Å²) in [5.41, 5.74) is 2.66. The minimum absolute atomic E-state index is 0.936. The third-order valence-corrected chi connectivity index (χ3v) is 5.25. The lowest BCUT2D eigenvalue weighted by Crippen LogP contribution is -2.21. The quantitative estimate of drug-likeness (QED) is 0.681. The lowest BCUT2D eigenvalue weighted by molar-refractivity contribution is 0.690. The van der Waals surface area contributed by atoms with Gasteiger partial charge in [0.05, 0.1) is 3.79 Å². The van der Waals surface area contributed by atoms with Gasteiger partial charge in [-0.25, -0.2) is 0 Å². The summed E-state index contributed by atoms with van der Waals surface area (Å²) in [6.07, 6.45) is 1.09. The molecule has 4 heteroatoms. The summed E-state index contributed by atoms with van der Waals surface area (Å²) >= 11 is 5.32. The van der Waals surface area contributed by atoms with Crippen LogP contribution >= 0.6 is 27.3 Å². The Hall–Kier alpha value is -0.840. The van der Waals surface area contributed by atoms with Crippen LogP contribution in [-0.2, 0) is 13.0 Å². The third-order valence-electron chi connectivity index (χ3n) is 3.57. The first kappa shape index (κ1) is 16.5. The van der Waals surface area contributed by atoms with Gasteiger partial charge in [-0.15, -0.1) is 11.3 Å². The second kappa shape index (κ2) is 8.57. The Labute approximate surface area is 140 Å². The van der Waals surface area contributed by atoms with Crippen LogP contribution in [0.25, 0.3) is 0 Å². The highest BCUT2D eigenvalue weighted by atomic mass is 79.9. The molecule has 0 saturated heterocycles. The molecule has 0 aliphatic heterocycles. The molecule has 0 bridgehead atoms. The standard InChI is InChI=1S/C17H23BrN2S/c1-3-20(4-2)15-7-5-14(6-8-15)13-19-12-11-16-9-10-17(18)21-16/h5-10,19H,3-4,11-13H2,1-2H3. The van der Waals surface area contributed by atoms with E-state index >= 15 is 0 Å². The minimum atomic E-state index is 0.936. The molecule has 0 amide bonds. The van der Waals surface area contributed by atoms with Gasteiger partial charge in [0.25, 0.3) is 0 Å². The van der Waals surface area contributed by atoms with Gasteiger partial charge in [-0.2, -0.15) is 0 Å². The first-order valence-corrected chi connectivity index (χ1v) is 9.12. The van der Waals surface area contributed by atoms with E-state index in [0.29, 0.717) is 0 Å². The van der Waals surface area contributed by atoms with Crippen molar-refractivity contribution in [3.63, 3.8) is 0 Å². The van der Waals surface area contributed by atoms with Gasteiger partial charge in [0, 0.05) is 36.7 Å². The van der Waals surface area contributed by atoms with Gasteiger partial charge in [-0.3, -0.25) is 0 Å². The van der Waals surface area contributed by atoms with Crippen LogP contribution in [0.15, 0.2) is 40.2 Å². The number of thiophene rings is 1. The first-order valence-electron chi connectivity index (χ1n) is 7.51. The normalized spacial score (nSPS) is 10.8. The molecule has 2 aromatic rings. The van der Waals surface area contributed by atoms with E-state index in [1.807, 2.05) is 11.3 Å². The minimum Gasteiger partial charge on any atom is -0.372 e. The Morgan fingerprint density at radius 3 is 2.33 bits per heavy atom. The summed E-state index contributed by atoms with van der Waals surface area (Å²) in [5, 5.41) is 3.51. The van der Waals surface area contributed by atoms with Gasteiger partial charge >= 0.3 is 0 Å². The zero-order valence-corrected chi connectivity index (χ0v) is 15.1. The van der Waals surface area contributed by atoms with Crippen LogP contribution in [0.2, 0.25) is 0 Å². The highest BCUT2D eigenvalue weighted by Gasteiger charge is 2.01. The lowest BCUT2D eigenvalue weighted by Gasteiger charge is -2.21. The maximum absolute atomic E-state index is 3.51. The summed E-state index contributed by atoms with van der Waals surface area (Å²) in [6, 6.07) is 13.2. The maximum atomic E-state index is 3.51. The summed E-state index contributed by atoms with van der Waals surface area (Å²) in [5.74, 6) is 0. The number of anilines is 1. The number of benzene rings is 1. The second-order valence-electron chi connectivity index (χ2n) is 4.97. The smallest absolute Gasteiger partial charge is 0.0701 e. The van der Waals surface area contributed by atoms with Crippen molar-refractivity contribution >= 4 is 33.0 Å². The summed E-state index contributed by atoms with van der Waals surface area (Å²) in [7, 11) is 0. The molecule has 0 aliphatic carbocycles. The predicted octanol–water partition coefficient (Wildman–Crippen LogP) is 4.69. The lowest BCUT2D eigenvalue weighted by atomic mass is 10.2. The number of rotatable bonds is 8. The third kappa shape index (κ3) is 5.13. The van der Waals surface area contributed by atoms with E-state index in [0.717, 1.165) is 32.6 Å². The SMILES string of the molecule is CCN(CC)c1ccc(CNCCc2ccc(Br)s2)cc1. The molecule has 0 saturated carbocycles. The first-order chi connectivity index (χ1) is 10.2. The Kier molecular flexibility index (Phi) is 6.74. The van der Waals surface area contributed by atoms with Crippen molar-refractivity contribution in [3.05, 3.63) is 50.6 Å². The van der Waals surface area contributed by atoms with Crippen molar-refractivity contribution in [3.8, 4) is 0 Å². The van der Waals surface area contributed by atoms with E-state index < -0.39 is 0 Å². The van der Waals surface area contributed by atoms with E-state index in [-0.39, 0.29) is 0 Å². The van der Waals surface area contributed by atoms with Crippen LogP contribution in [0.1, 0.15) is 24.3 Å². The van der Waals surface area contributed by atoms with E-state index in [4.69, 9.17) is 0 Å². The average Bonchev–Trinajstić information content (AvgIpc) is 2.92. The fourth-order valence-corrected chi connectivity index (χ4v) is 3.83. The van der Waals surface area contributed by atoms with E-state index in [2.05, 4.69) is 76.4 Å². The zero-order chi connectivity index (χ0) is 15.1. The number of halogens is 1. The van der Waals surface area contributed by atoms with E-state index in [9.17, 15) is 0 Å². The fourth-order valence-electron chi connectivity index (χ4n) is 2.34. The Morgan fingerprint density at radius 2 is 1.76 bits per heavy atom. The maximum Gasteiger partial charge on any atom is 0.0701 e. The molecule has 0 spiro atoms. The number of hydrogen-bond acceptors (Lipinski definition) is 3. The molecule has 1 N–H and O–H groups in total. The second-order valence-corrected chi connectivity index (χ2v) is 7.52. The van der Waals surface area contributed by atoms with Gasteiger partial charge in [0.1, 0.15) is 0 Å². The average molecular weight is 367 g/mol. The van der Waals surface area contributed by atoms with Gasteiger partial charge in [0.2, 0.25) is 0 Å². The largest absolute Gasteiger partial charge is 0.372 e. The van der Waals surface area contributed by atoms with E-state index in [1.54, 1.807) is 0 Å². The number of nitrogens with one attached hydrogen (secondary N) is 1. The summed E-state index contributed by atoms with van der Waals surface area (Å²) in [4.78, 5) is 3.79. The molecule has 0 atom stereocenters. The van der Waals surface area contributed by atoms with Gasteiger partial charge in [-0.05, 0) is 66.0 Å². The van der Waals surface area contributed by atoms with E-state index in [1.165, 1.54) is 19.9 Å². The molecule has 2 rings (SSSR count). The number of nitrogens with zero attached hydrogens (tertiary/aromatic N) is 1. The van der Waals surface area contributed by atoms with Crippen molar-refractivity contribution in [2.75, 3.05) is 24.5 Å². The highest BCUT2D eigenvalue weighted by molar-refractivity contribution is 9.11. The van der Waals surface area contributed by atoms with Gasteiger partial charge in [-0.1, -0.05) is 12.1 Å². The molecule has 1 aromatic carbocycles. The molecule has 0 aliphatic rings. The van der Waals surface area contributed by atoms with Crippen LogP contribution < -0.4 is 10.2 Å². The van der Waals surface area contributed by atoms with Crippen molar-refractivity contribution in [1.29, 1.82) is 0 Å². The molecule has 114 valence electrons. The monoisotopic (exact) mass is 366 g/mol. The van der Waals surface area contributed by atoms with Crippen LogP contribution in [0.3, 0.4) is 0 Å². The molecule has 0 unspecified atom stereocenters. The van der Waals surface area contributed by atoms with Crippen LogP contribution in [0.5, 0.6) is 0 Å². The van der Waals surface area contributed by atoms with Crippen molar-refractivity contribution in [1.82, 2.24) is 5.32 Å². The topological polar surface area (TPSA) is 15.3 Å². The van der Waals surface area contributed by atoms with Crippen LogP contribution in [-0.4, -0.2) is 19.6 Å². The molecular formula is C17H23BrN2S. The molecule has 1 heterocycles. The van der Waals surface area contributed by atoms with Gasteiger partial charge < -0.3 is 10.2 Å². The zero-order valence-electron chi connectivity index (χ0n) is 12.7. The predicted molar refractivity (Wildman–Crippen MR) is 97.4 cm³/mol. The summed E-state index contributed by atoms with van der Waals surface area (Å²) in [6.45, 7) is 8.47. The molecule has 1 aromatic heterocycles. The highest BCUT2D eigenvalue weighted by Crippen LogP contribution is 2.22. The Bertz CT molecular complexity index is 532. The molecule has 0 radical (unpaired) electrons. The molecule has 0 fully saturated rings. The number of hydrogen-bond donors (Lipinski definition) is 1. The van der Waals surface area contributed by atoms with Crippen molar-refractivity contribution in [2.24, 2.45) is 0 Å². The van der Waals surface area contributed by atoms with Crippen molar-refractivity contribution in [2.45, 2.75) is 26.8 Å². The van der Waals surface area contributed by atoms with Crippen LogP contribution in [0, 0.1) is 0 Å². The molecule has 21 heavy (non-hydrogen) atoms. The molecule has 2 nitrogen and oxygen atoms in total. The van der Waals surface area contributed by atoms with Crippen LogP contribution in [0.4, 0.5) is 5.69 Å². The Morgan fingerprint density at radius 1 is 1.05 bits per heavy atom. The van der Waals surface area contributed by atoms with Crippen molar-refractivity contribution < 1.29 is 0 Å².